The molecule has 0 aliphatic carbocycles. The van der Waals surface area contributed by atoms with E-state index in [2.05, 4.69) is 5.32 Å². The fraction of sp³-hybridized carbons (Fsp3) is 0. The van der Waals surface area contributed by atoms with Gasteiger partial charge in [0.25, 0.3) is 5.91 Å². The van der Waals surface area contributed by atoms with Crippen LogP contribution >= 0.6 is 11.6 Å². The van der Waals surface area contributed by atoms with E-state index >= 15 is 0 Å². The van der Waals surface area contributed by atoms with Crippen LogP contribution < -0.4 is 10.1 Å². The van der Waals surface area contributed by atoms with Gasteiger partial charge < -0.3 is 14.5 Å². The highest BCUT2D eigenvalue weighted by atomic mass is 35.5. The first-order valence-corrected chi connectivity index (χ1v) is 7.48. The van der Waals surface area contributed by atoms with Crippen molar-refractivity contribution in [1.82, 2.24) is 0 Å². The average Bonchev–Trinajstić information content (AvgIpc) is 3.09. The van der Waals surface area contributed by atoms with Gasteiger partial charge in [0.05, 0.1) is 6.07 Å². The van der Waals surface area contributed by atoms with Gasteiger partial charge in [-0.25, -0.2) is 0 Å². The van der Waals surface area contributed by atoms with Crippen molar-refractivity contribution in [3.8, 4) is 11.5 Å². The Morgan fingerprint density at radius 1 is 1.00 bits per heavy atom. The number of nitrogens with one attached hydrogen (secondary N) is 1. The summed E-state index contributed by atoms with van der Waals surface area (Å²) in [5.74, 6) is -0.0115. The van der Waals surface area contributed by atoms with Crippen molar-refractivity contribution in [1.29, 1.82) is 0 Å². The van der Waals surface area contributed by atoms with E-state index in [1.54, 1.807) is 48.5 Å². The fourth-order valence-electron chi connectivity index (χ4n) is 1.99. The summed E-state index contributed by atoms with van der Waals surface area (Å²) in [6.45, 7) is 0. The summed E-state index contributed by atoms with van der Waals surface area (Å²) in [6, 6.07) is 15.9. The molecular weight excluding hydrogens is 348 g/mol. The molecule has 0 aliphatic heterocycles. The number of halogens is 1. The van der Waals surface area contributed by atoms with Crippen molar-refractivity contribution in [2.75, 3.05) is 5.32 Å². The Kier molecular flexibility index (Phi) is 4.67. The molecule has 0 aliphatic rings. The first kappa shape index (κ1) is 16.5. The molecular formula is C17H11ClN2O5. The van der Waals surface area contributed by atoms with Crippen LogP contribution in [-0.2, 0) is 0 Å². The van der Waals surface area contributed by atoms with E-state index in [-0.39, 0.29) is 5.76 Å². The van der Waals surface area contributed by atoms with Gasteiger partial charge in [-0.3, -0.25) is 14.9 Å². The number of nitrogens with zero attached hydrogens (tertiary/aromatic N) is 1. The molecule has 0 saturated carbocycles. The zero-order chi connectivity index (χ0) is 17.8. The second kappa shape index (κ2) is 7.06. The second-order valence-electron chi connectivity index (χ2n) is 4.93. The first-order chi connectivity index (χ1) is 12.0. The molecule has 0 spiro atoms. The largest absolute Gasteiger partial charge is 0.457 e. The molecule has 0 unspecified atom stereocenters. The Bertz CT molecular complexity index is 904. The highest BCUT2D eigenvalue weighted by molar-refractivity contribution is 6.30. The van der Waals surface area contributed by atoms with E-state index in [4.69, 9.17) is 20.8 Å². The molecule has 8 heteroatoms. The lowest BCUT2D eigenvalue weighted by molar-refractivity contribution is -0.402. The summed E-state index contributed by atoms with van der Waals surface area (Å²) in [5.41, 5.74) is 0.493. The van der Waals surface area contributed by atoms with Crippen LogP contribution in [0.4, 0.5) is 11.6 Å². The van der Waals surface area contributed by atoms with Crippen molar-refractivity contribution in [2.24, 2.45) is 0 Å². The lowest BCUT2D eigenvalue weighted by Crippen LogP contribution is -2.10. The van der Waals surface area contributed by atoms with Crippen molar-refractivity contribution < 1.29 is 18.9 Å². The number of carbonyl (C=O) groups is 1. The zero-order valence-electron chi connectivity index (χ0n) is 12.6. The average molecular weight is 359 g/mol. The Morgan fingerprint density at radius 3 is 2.16 bits per heavy atom. The monoisotopic (exact) mass is 358 g/mol. The van der Waals surface area contributed by atoms with E-state index in [1.165, 1.54) is 6.07 Å². The lowest BCUT2D eigenvalue weighted by atomic mass is 10.3. The number of benzene rings is 2. The van der Waals surface area contributed by atoms with Gasteiger partial charge in [-0.2, -0.15) is 0 Å². The smallest absolute Gasteiger partial charge is 0.433 e. The van der Waals surface area contributed by atoms with Crippen LogP contribution in [0.2, 0.25) is 5.02 Å². The van der Waals surface area contributed by atoms with E-state index in [0.717, 1.165) is 6.07 Å². The van der Waals surface area contributed by atoms with E-state index in [9.17, 15) is 14.9 Å². The van der Waals surface area contributed by atoms with Crippen LogP contribution in [0.5, 0.6) is 11.5 Å². The van der Waals surface area contributed by atoms with Crippen molar-refractivity contribution in [3.63, 3.8) is 0 Å². The Labute approximate surface area is 146 Å². The van der Waals surface area contributed by atoms with Gasteiger partial charge in [0, 0.05) is 10.7 Å². The Balaban J connectivity index is 1.64. The summed E-state index contributed by atoms with van der Waals surface area (Å²) in [5, 5.41) is 13.8. The minimum Gasteiger partial charge on any atom is -0.457 e. The van der Waals surface area contributed by atoms with Gasteiger partial charge in [0.2, 0.25) is 0 Å². The standard InChI is InChI=1S/C17H11ClN2O5/c18-11-1-5-13(6-2-11)24-14-7-3-12(4-8-14)19-17(21)15-9-10-16(25-15)20(22)23/h1-10H,(H,19,21). The van der Waals surface area contributed by atoms with Gasteiger partial charge in [-0.1, -0.05) is 11.6 Å². The number of rotatable bonds is 5. The molecule has 126 valence electrons. The van der Waals surface area contributed by atoms with Gasteiger partial charge in [0.1, 0.15) is 16.4 Å². The van der Waals surface area contributed by atoms with Crippen LogP contribution in [0, 0.1) is 10.1 Å². The molecule has 3 rings (SSSR count). The van der Waals surface area contributed by atoms with Crippen molar-refractivity contribution in [2.45, 2.75) is 0 Å². The Hall–Kier alpha value is -3.32. The molecule has 7 nitrogen and oxygen atoms in total. The third-order valence-electron chi connectivity index (χ3n) is 3.16. The second-order valence-corrected chi connectivity index (χ2v) is 5.37. The number of anilines is 1. The van der Waals surface area contributed by atoms with E-state index in [0.29, 0.717) is 22.2 Å². The lowest BCUT2D eigenvalue weighted by Gasteiger charge is -2.07. The predicted octanol–water partition coefficient (Wildman–Crippen LogP) is 4.89. The molecule has 1 amide bonds. The molecule has 3 aromatic rings. The first-order valence-electron chi connectivity index (χ1n) is 7.10. The molecule has 1 N–H and O–H groups in total. The summed E-state index contributed by atoms with van der Waals surface area (Å²) < 4.78 is 10.5. The van der Waals surface area contributed by atoms with Gasteiger partial charge in [0.15, 0.2) is 5.76 Å². The van der Waals surface area contributed by atoms with Crippen LogP contribution in [0.1, 0.15) is 10.6 Å². The summed E-state index contributed by atoms with van der Waals surface area (Å²) in [6.07, 6.45) is 0. The number of hydrogen-bond acceptors (Lipinski definition) is 5. The molecule has 25 heavy (non-hydrogen) atoms. The highest BCUT2D eigenvalue weighted by Gasteiger charge is 2.17. The molecule has 0 atom stereocenters. The highest BCUT2D eigenvalue weighted by Crippen LogP contribution is 2.25. The topological polar surface area (TPSA) is 94.6 Å². The third kappa shape index (κ3) is 4.15. The molecule has 0 bridgehead atoms. The maximum Gasteiger partial charge on any atom is 0.433 e. The predicted molar refractivity (Wildman–Crippen MR) is 91.3 cm³/mol. The van der Waals surface area contributed by atoms with Crippen LogP contribution in [0.15, 0.2) is 65.1 Å². The number of furan rings is 1. The van der Waals surface area contributed by atoms with Crippen molar-refractivity contribution in [3.05, 3.63) is 81.6 Å². The fourth-order valence-corrected chi connectivity index (χ4v) is 2.11. The third-order valence-corrected chi connectivity index (χ3v) is 3.41. The van der Waals surface area contributed by atoms with Gasteiger partial charge in [-0.05, 0) is 54.6 Å². The molecule has 1 heterocycles. The van der Waals surface area contributed by atoms with Crippen LogP contribution in [0.3, 0.4) is 0 Å². The number of ether oxygens (including phenoxy) is 1. The minimum atomic E-state index is -0.709. The number of carbonyl (C=O) groups excluding carboxylic acids is 1. The number of hydrogen-bond donors (Lipinski definition) is 1. The molecule has 0 radical (unpaired) electrons. The summed E-state index contributed by atoms with van der Waals surface area (Å²) in [4.78, 5) is 21.8. The zero-order valence-corrected chi connectivity index (χ0v) is 13.4. The van der Waals surface area contributed by atoms with Crippen LogP contribution in [-0.4, -0.2) is 10.8 Å². The maximum atomic E-state index is 12.0. The molecule has 2 aromatic carbocycles. The van der Waals surface area contributed by atoms with E-state index in [1.807, 2.05) is 0 Å². The van der Waals surface area contributed by atoms with E-state index < -0.39 is 16.7 Å². The van der Waals surface area contributed by atoms with Gasteiger partial charge in [-0.15, -0.1) is 0 Å². The SMILES string of the molecule is O=C(Nc1ccc(Oc2ccc(Cl)cc2)cc1)c1ccc([N+](=O)[O-])o1. The molecule has 1 aromatic heterocycles. The molecule has 0 fully saturated rings. The molecule has 0 saturated heterocycles. The minimum absolute atomic E-state index is 0.145. The Morgan fingerprint density at radius 2 is 1.60 bits per heavy atom. The maximum absolute atomic E-state index is 12.0. The number of amides is 1. The normalized spacial score (nSPS) is 10.3. The van der Waals surface area contributed by atoms with Gasteiger partial charge >= 0.3 is 5.88 Å². The summed E-state index contributed by atoms with van der Waals surface area (Å²) >= 11 is 5.81. The van der Waals surface area contributed by atoms with Crippen molar-refractivity contribution >= 4 is 29.1 Å². The number of nitro groups is 1. The summed E-state index contributed by atoms with van der Waals surface area (Å²) in [7, 11) is 0. The quantitative estimate of drug-likeness (QED) is 0.517. The van der Waals surface area contributed by atoms with Crippen LogP contribution in [0.25, 0.3) is 0 Å².